The SMILES string of the molecule is CC(C)NCC1CC1(C)c1cc(Br)cs1. The molecular weight excluding hydrogens is 270 g/mol. The van der Waals surface area contributed by atoms with E-state index in [1.54, 1.807) is 0 Å². The van der Waals surface area contributed by atoms with Gasteiger partial charge in [-0.05, 0) is 40.9 Å². The predicted octanol–water partition coefficient (Wildman–Crippen LogP) is 3.79. The molecule has 0 amide bonds. The van der Waals surface area contributed by atoms with Crippen molar-refractivity contribution in [2.45, 2.75) is 38.6 Å². The van der Waals surface area contributed by atoms with E-state index in [2.05, 4.69) is 53.5 Å². The van der Waals surface area contributed by atoms with Crippen molar-refractivity contribution in [1.82, 2.24) is 5.32 Å². The second kappa shape index (κ2) is 4.19. The van der Waals surface area contributed by atoms with Crippen LogP contribution >= 0.6 is 27.3 Å². The molecule has 1 nitrogen and oxygen atoms in total. The molecule has 0 radical (unpaired) electrons. The topological polar surface area (TPSA) is 12.0 Å². The van der Waals surface area contributed by atoms with Gasteiger partial charge in [0, 0.05) is 26.2 Å². The van der Waals surface area contributed by atoms with Crippen LogP contribution in [-0.4, -0.2) is 12.6 Å². The molecule has 1 aromatic heterocycles. The smallest absolute Gasteiger partial charge is 0.0285 e. The Kier molecular flexibility index (Phi) is 3.25. The Morgan fingerprint density at radius 3 is 2.93 bits per heavy atom. The van der Waals surface area contributed by atoms with Gasteiger partial charge in [0.25, 0.3) is 0 Å². The molecule has 2 atom stereocenters. The van der Waals surface area contributed by atoms with Gasteiger partial charge in [-0.25, -0.2) is 0 Å². The van der Waals surface area contributed by atoms with Crippen LogP contribution in [0.1, 0.15) is 32.1 Å². The molecular formula is C12H18BrNS. The summed E-state index contributed by atoms with van der Waals surface area (Å²) >= 11 is 5.41. The first-order valence-electron chi connectivity index (χ1n) is 5.50. The van der Waals surface area contributed by atoms with Gasteiger partial charge < -0.3 is 5.32 Å². The maximum absolute atomic E-state index is 3.53. The quantitative estimate of drug-likeness (QED) is 0.889. The summed E-state index contributed by atoms with van der Waals surface area (Å²) in [5.41, 5.74) is 0.443. The van der Waals surface area contributed by atoms with E-state index in [1.165, 1.54) is 15.8 Å². The van der Waals surface area contributed by atoms with E-state index in [-0.39, 0.29) is 0 Å². The lowest BCUT2D eigenvalue weighted by atomic mass is 10.0. The lowest BCUT2D eigenvalue weighted by Gasteiger charge is -2.11. The summed E-state index contributed by atoms with van der Waals surface area (Å²) in [5, 5.41) is 5.72. The van der Waals surface area contributed by atoms with E-state index in [9.17, 15) is 0 Å². The average Bonchev–Trinajstić information content (AvgIpc) is 2.60. The highest BCUT2D eigenvalue weighted by atomic mass is 79.9. The molecule has 3 heteroatoms. The van der Waals surface area contributed by atoms with Crippen LogP contribution in [-0.2, 0) is 5.41 Å². The van der Waals surface area contributed by atoms with Gasteiger partial charge in [0.2, 0.25) is 0 Å². The van der Waals surface area contributed by atoms with Crippen molar-refractivity contribution in [1.29, 1.82) is 0 Å². The lowest BCUT2D eigenvalue weighted by Crippen LogP contribution is -2.26. The fraction of sp³-hybridized carbons (Fsp3) is 0.667. The van der Waals surface area contributed by atoms with E-state index >= 15 is 0 Å². The Labute approximate surface area is 104 Å². The van der Waals surface area contributed by atoms with E-state index in [0.29, 0.717) is 11.5 Å². The third kappa shape index (κ3) is 2.45. The number of thiophene rings is 1. The fourth-order valence-electron chi connectivity index (χ4n) is 2.04. The zero-order valence-electron chi connectivity index (χ0n) is 9.51. The van der Waals surface area contributed by atoms with Crippen LogP contribution in [0.4, 0.5) is 0 Å². The molecule has 0 spiro atoms. The third-order valence-electron chi connectivity index (χ3n) is 3.31. The van der Waals surface area contributed by atoms with E-state index in [1.807, 2.05) is 11.3 Å². The number of halogens is 1. The molecule has 1 fully saturated rings. The minimum Gasteiger partial charge on any atom is -0.314 e. The number of hydrogen-bond acceptors (Lipinski definition) is 2. The van der Waals surface area contributed by atoms with Gasteiger partial charge in [-0.3, -0.25) is 0 Å². The first kappa shape index (κ1) is 11.6. The van der Waals surface area contributed by atoms with Crippen molar-refractivity contribution in [3.05, 3.63) is 20.8 Å². The summed E-state index contributed by atoms with van der Waals surface area (Å²) in [5.74, 6) is 0.824. The average molecular weight is 288 g/mol. The Morgan fingerprint density at radius 1 is 1.67 bits per heavy atom. The molecule has 84 valence electrons. The normalized spacial score (nSPS) is 29.8. The summed E-state index contributed by atoms with van der Waals surface area (Å²) < 4.78 is 1.23. The molecule has 1 heterocycles. The first-order chi connectivity index (χ1) is 7.02. The minimum atomic E-state index is 0.443. The van der Waals surface area contributed by atoms with Crippen molar-refractivity contribution in [2.24, 2.45) is 5.92 Å². The van der Waals surface area contributed by atoms with Crippen LogP contribution in [0.2, 0.25) is 0 Å². The van der Waals surface area contributed by atoms with Gasteiger partial charge in [-0.15, -0.1) is 11.3 Å². The standard InChI is InChI=1S/C12H18BrNS/c1-8(2)14-6-9-5-12(9,3)11-4-10(13)7-15-11/h4,7-9,14H,5-6H2,1-3H3. The lowest BCUT2D eigenvalue weighted by molar-refractivity contribution is 0.530. The third-order valence-corrected chi connectivity index (χ3v) is 5.28. The molecule has 0 aromatic carbocycles. The Balaban J connectivity index is 1.95. The molecule has 0 saturated heterocycles. The Hall–Kier alpha value is 0.140. The van der Waals surface area contributed by atoms with Gasteiger partial charge in [-0.2, -0.15) is 0 Å². The molecule has 2 rings (SSSR count). The fourth-order valence-corrected chi connectivity index (χ4v) is 3.73. The molecule has 0 aliphatic heterocycles. The molecule has 1 aliphatic carbocycles. The van der Waals surface area contributed by atoms with Crippen LogP contribution in [0, 0.1) is 5.92 Å². The van der Waals surface area contributed by atoms with Gasteiger partial charge >= 0.3 is 0 Å². The highest BCUT2D eigenvalue weighted by molar-refractivity contribution is 9.10. The second-order valence-corrected chi connectivity index (χ2v) is 6.84. The van der Waals surface area contributed by atoms with E-state index in [4.69, 9.17) is 0 Å². The highest BCUT2D eigenvalue weighted by Crippen LogP contribution is 2.55. The van der Waals surface area contributed by atoms with Gasteiger partial charge in [0.15, 0.2) is 0 Å². The zero-order chi connectivity index (χ0) is 11.1. The largest absolute Gasteiger partial charge is 0.314 e. The van der Waals surface area contributed by atoms with Crippen LogP contribution in [0.15, 0.2) is 15.9 Å². The maximum atomic E-state index is 3.53. The van der Waals surface area contributed by atoms with Gasteiger partial charge in [0.05, 0.1) is 0 Å². The van der Waals surface area contributed by atoms with Crippen LogP contribution < -0.4 is 5.32 Å². The van der Waals surface area contributed by atoms with E-state index < -0.39 is 0 Å². The van der Waals surface area contributed by atoms with Crippen molar-refractivity contribution >= 4 is 27.3 Å². The maximum Gasteiger partial charge on any atom is 0.0285 e. The molecule has 1 aromatic rings. The number of hydrogen-bond donors (Lipinski definition) is 1. The summed E-state index contributed by atoms with van der Waals surface area (Å²) in [6.45, 7) is 7.96. The number of rotatable bonds is 4. The Bertz CT molecular complexity index is 347. The minimum absolute atomic E-state index is 0.443. The van der Waals surface area contributed by atoms with E-state index in [0.717, 1.165) is 12.5 Å². The first-order valence-corrected chi connectivity index (χ1v) is 7.17. The summed E-state index contributed by atoms with van der Waals surface area (Å²) in [6, 6.07) is 2.88. The van der Waals surface area contributed by atoms with Crippen LogP contribution in [0.3, 0.4) is 0 Å². The zero-order valence-corrected chi connectivity index (χ0v) is 11.9. The summed E-state index contributed by atoms with van der Waals surface area (Å²) in [4.78, 5) is 1.53. The molecule has 0 bridgehead atoms. The van der Waals surface area contributed by atoms with Crippen molar-refractivity contribution in [2.75, 3.05) is 6.54 Å². The molecule has 1 N–H and O–H groups in total. The predicted molar refractivity (Wildman–Crippen MR) is 70.6 cm³/mol. The van der Waals surface area contributed by atoms with Crippen LogP contribution in [0.25, 0.3) is 0 Å². The van der Waals surface area contributed by atoms with Crippen LogP contribution in [0.5, 0.6) is 0 Å². The number of nitrogens with one attached hydrogen (secondary N) is 1. The molecule has 1 aliphatic rings. The highest BCUT2D eigenvalue weighted by Gasteiger charge is 2.51. The van der Waals surface area contributed by atoms with Gasteiger partial charge in [-0.1, -0.05) is 20.8 Å². The monoisotopic (exact) mass is 287 g/mol. The second-order valence-electron chi connectivity index (χ2n) is 5.01. The van der Waals surface area contributed by atoms with Gasteiger partial charge in [0.1, 0.15) is 0 Å². The summed E-state index contributed by atoms with van der Waals surface area (Å²) in [7, 11) is 0. The molecule has 2 unspecified atom stereocenters. The Morgan fingerprint density at radius 2 is 2.40 bits per heavy atom. The van der Waals surface area contributed by atoms with Crippen molar-refractivity contribution in [3.63, 3.8) is 0 Å². The molecule has 15 heavy (non-hydrogen) atoms. The van der Waals surface area contributed by atoms with Crippen molar-refractivity contribution < 1.29 is 0 Å². The van der Waals surface area contributed by atoms with Crippen molar-refractivity contribution in [3.8, 4) is 0 Å². The molecule has 1 saturated carbocycles. The summed E-state index contributed by atoms with van der Waals surface area (Å²) in [6.07, 6.45) is 1.33.